The van der Waals surface area contributed by atoms with Gasteiger partial charge in [-0.1, -0.05) is 35.3 Å². The van der Waals surface area contributed by atoms with Gasteiger partial charge in [-0.2, -0.15) is 0 Å². The van der Waals surface area contributed by atoms with Crippen LogP contribution in [-0.2, 0) is 11.2 Å². The van der Waals surface area contributed by atoms with Gasteiger partial charge >= 0.3 is 0 Å². The van der Waals surface area contributed by atoms with E-state index < -0.39 is 0 Å². The smallest absolute Gasteiger partial charge is 0.228 e. The molecule has 34 heavy (non-hydrogen) atoms. The highest BCUT2D eigenvalue weighted by Crippen LogP contribution is 2.28. The van der Waals surface area contributed by atoms with Gasteiger partial charge < -0.3 is 19.8 Å². The zero-order valence-corrected chi connectivity index (χ0v) is 21.6. The van der Waals surface area contributed by atoms with Crippen LogP contribution in [0.2, 0.25) is 10.0 Å². The summed E-state index contributed by atoms with van der Waals surface area (Å²) < 4.78 is 3.40. The molecule has 1 fully saturated rings. The summed E-state index contributed by atoms with van der Waals surface area (Å²) in [6.45, 7) is 6.28. The van der Waals surface area contributed by atoms with Crippen LogP contribution in [0.3, 0.4) is 0 Å². The number of aryl methyl sites for hydroxylation is 1. The molecule has 3 aromatic carbocycles. The quantitative estimate of drug-likeness (QED) is 0.359. The molecular formula is C26H28Cl2N4OS. The molecular weight excluding hydrogens is 487 g/mol. The van der Waals surface area contributed by atoms with Gasteiger partial charge in [0.15, 0.2) is 0 Å². The Morgan fingerprint density at radius 2 is 1.68 bits per heavy atom. The minimum atomic E-state index is -0.101. The number of nitrogens with zero attached hydrogens (tertiary/aromatic N) is 2. The number of amides is 1. The van der Waals surface area contributed by atoms with Gasteiger partial charge in [0.05, 0.1) is 16.5 Å². The molecule has 0 atom stereocenters. The third-order valence-corrected chi connectivity index (χ3v) is 7.42. The first-order chi connectivity index (χ1) is 16.4. The Morgan fingerprint density at radius 1 is 0.941 bits per heavy atom. The Labute approximate surface area is 215 Å². The number of halogens is 2. The number of piperazine rings is 1. The lowest BCUT2D eigenvalue weighted by molar-refractivity contribution is -0.115. The molecule has 5 nitrogen and oxygen atoms in total. The molecule has 2 N–H and O–H groups in total. The van der Waals surface area contributed by atoms with Crippen LogP contribution in [0, 0.1) is 6.92 Å². The summed E-state index contributed by atoms with van der Waals surface area (Å²) in [7, 11) is 2.17. The number of carbonyl (C=O) groups excluding carboxylic acids is 1. The largest absolute Gasteiger partial charge is 0.369 e. The van der Waals surface area contributed by atoms with Gasteiger partial charge in [0.25, 0.3) is 0 Å². The van der Waals surface area contributed by atoms with Crippen molar-refractivity contribution in [1.29, 1.82) is 0 Å². The summed E-state index contributed by atoms with van der Waals surface area (Å²) in [6, 6.07) is 19.8. The van der Waals surface area contributed by atoms with Crippen LogP contribution in [0.1, 0.15) is 11.1 Å². The number of hydrogen-bond donors (Lipinski definition) is 2. The van der Waals surface area contributed by atoms with Crippen LogP contribution in [0.15, 0.2) is 65.6 Å². The Balaban J connectivity index is 1.33. The highest BCUT2D eigenvalue weighted by molar-refractivity contribution is 8.00. The van der Waals surface area contributed by atoms with Crippen molar-refractivity contribution in [2.45, 2.75) is 18.2 Å². The summed E-state index contributed by atoms with van der Waals surface area (Å²) in [6.07, 6.45) is 0.228. The molecule has 4 rings (SSSR count). The molecule has 1 heterocycles. The fourth-order valence-electron chi connectivity index (χ4n) is 3.75. The second-order valence-electron chi connectivity index (χ2n) is 8.49. The number of likely N-dealkylation sites (N-methyl/N-ethyl adjacent to an activating group) is 1. The lowest BCUT2D eigenvalue weighted by atomic mass is 10.1. The van der Waals surface area contributed by atoms with E-state index in [-0.39, 0.29) is 12.3 Å². The Kier molecular flexibility index (Phi) is 8.27. The Hall–Kier alpha value is -2.38. The molecule has 3 aromatic rings. The van der Waals surface area contributed by atoms with Gasteiger partial charge in [-0.05, 0) is 85.6 Å². The minimum Gasteiger partial charge on any atom is -0.369 e. The molecule has 0 unspecified atom stereocenters. The molecule has 1 aliphatic rings. The highest BCUT2D eigenvalue weighted by Gasteiger charge is 2.14. The van der Waals surface area contributed by atoms with Crippen LogP contribution < -0.4 is 14.9 Å². The molecule has 178 valence electrons. The van der Waals surface area contributed by atoms with Crippen molar-refractivity contribution in [2.24, 2.45) is 0 Å². The molecule has 0 bridgehead atoms. The third kappa shape index (κ3) is 6.60. The first kappa shape index (κ1) is 24.7. The van der Waals surface area contributed by atoms with Gasteiger partial charge in [-0.15, -0.1) is 0 Å². The van der Waals surface area contributed by atoms with E-state index in [1.807, 2.05) is 31.2 Å². The van der Waals surface area contributed by atoms with Crippen molar-refractivity contribution in [3.05, 3.63) is 81.8 Å². The number of benzene rings is 3. The molecule has 1 amide bonds. The predicted molar refractivity (Wildman–Crippen MR) is 146 cm³/mol. The van der Waals surface area contributed by atoms with Gasteiger partial charge in [0.2, 0.25) is 5.91 Å². The zero-order chi connectivity index (χ0) is 24.1. The molecule has 0 aromatic heterocycles. The molecule has 0 radical (unpaired) electrons. The summed E-state index contributed by atoms with van der Waals surface area (Å²) in [5, 5.41) is 3.94. The number of nitrogens with one attached hydrogen (secondary N) is 2. The van der Waals surface area contributed by atoms with E-state index in [9.17, 15) is 4.79 Å². The van der Waals surface area contributed by atoms with Gasteiger partial charge in [-0.25, -0.2) is 0 Å². The van der Waals surface area contributed by atoms with E-state index in [0.717, 1.165) is 53.6 Å². The topological polar surface area (TPSA) is 47.6 Å². The van der Waals surface area contributed by atoms with Gasteiger partial charge in [0, 0.05) is 48.1 Å². The highest BCUT2D eigenvalue weighted by atomic mass is 35.5. The van der Waals surface area contributed by atoms with Crippen LogP contribution >= 0.6 is 35.1 Å². The lowest BCUT2D eigenvalue weighted by Gasteiger charge is -2.34. The standard InChI is InChI=1S/C26H28Cl2N4OS/c1-18-3-9-22(17-25(18)29-26(33)16-19-4-10-23(27)24(28)15-19)34-30-20-5-7-21(8-6-20)32-13-11-31(2)12-14-32/h3-10,15,17,30H,11-14,16H2,1-2H3,(H,29,33). The fraction of sp³-hybridized carbons (Fsp3) is 0.269. The van der Waals surface area contributed by atoms with Crippen molar-refractivity contribution in [1.82, 2.24) is 4.90 Å². The molecule has 8 heteroatoms. The Morgan fingerprint density at radius 3 is 2.38 bits per heavy atom. The SMILES string of the molecule is Cc1ccc(SNc2ccc(N3CCN(C)CC3)cc2)cc1NC(=O)Cc1ccc(Cl)c(Cl)c1. The first-order valence-electron chi connectivity index (χ1n) is 11.2. The second kappa shape index (κ2) is 11.4. The van der Waals surface area contributed by atoms with Crippen LogP contribution in [-0.4, -0.2) is 44.0 Å². The maximum atomic E-state index is 12.6. The van der Waals surface area contributed by atoms with E-state index in [1.165, 1.54) is 17.6 Å². The summed E-state index contributed by atoms with van der Waals surface area (Å²) in [4.78, 5) is 18.4. The van der Waals surface area contributed by atoms with E-state index >= 15 is 0 Å². The van der Waals surface area contributed by atoms with Crippen LogP contribution in [0.25, 0.3) is 0 Å². The molecule has 1 saturated heterocycles. The number of anilines is 3. The molecule has 0 aliphatic carbocycles. The zero-order valence-electron chi connectivity index (χ0n) is 19.3. The van der Waals surface area contributed by atoms with Crippen molar-refractivity contribution in [3.8, 4) is 0 Å². The summed E-state index contributed by atoms with van der Waals surface area (Å²) >= 11 is 13.5. The molecule has 0 saturated carbocycles. The summed E-state index contributed by atoms with van der Waals surface area (Å²) in [5.41, 5.74) is 4.90. The number of hydrogen-bond acceptors (Lipinski definition) is 5. The van der Waals surface area contributed by atoms with Gasteiger partial charge in [-0.3, -0.25) is 4.79 Å². The van der Waals surface area contributed by atoms with Crippen molar-refractivity contribution in [3.63, 3.8) is 0 Å². The van der Waals surface area contributed by atoms with E-state index in [1.54, 1.807) is 12.1 Å². The van der Waals surface area contributed by atoms with E-state index in [0.29, 0.717) is 10.0 Å². The van der Waals surface area contributed by atoms with E-state index in [2.05, 4.69) is 51.2 Å². The van der Waals surface area contributed by atoms with E-state index in [4.69, 9.17) is 23.2 Å². The second-order valence-corrected chi connectivity index (χ2v) is 10.2. The van der Waals surface area contributed by atoms with Crippen molar-refractivity contribution >= 4 is 58.1 Å². The molecule has 1 aliphatic heterocycles. The van der Waals surface area contributed by atoms with Crippen molar-refractivity contribution in [2.75, 3.05) is 48.2 Å². The lowest BCUT2D eigenvalue weighted by Crippen LogP contribution is -2.44. The van der Waals surface area contributed by atoms with Crippen molar-refractivity contribution < 1.29 is 4.79 Å². The monoisotopic (exact) mass is 514 g/mol. The average molecular weight is 516 g/mol. The average Bonchev–Trinajstić information content (AvgIpc) is 2.83. The maximum absolute atomic E-state index is 12.6. The van der Waals surface area contributed by atoms with Crippen LogP contribution in [0.5, 0.6) is 0 Å². The fourth-order valence-corrected chi connectivity index (χ4v) is 4.76. The molecule has 0 spiro atoms. The minimum absolute atomic E-state index is 0.101. The third-order valence-electron chi connectivity index (χ3n) is 5.85. The van der Waals surface area contributed by atoms with Crippen LogP contribution in [0.4, 0.5) is 17.1 Å². The number of rotatable bonds is 7. The first-order valence-corrected chi connectivity index (χ1v) is 12.8. The summed E-state index contributed by atoms with van der Waals surface area (Å²) in [5.74, 6) is -0.101. The maximum Gasteiger partial charge on any atom is 0.228 e. The Bertz CT molecular complexity index is 1150. The normalized spacial score (nSPS) is 14.2. The predicted octanol–water partition coefficient (Wildman–Crippen LogP) is 6.35. The van der Waals surface area contributed by atoms with Gasteiger partial charge in [0.1, 0.15) is 0 Å². The number of carbonyl (C=O) groups is 1.